The van der Waals surface area contributed by atoms with Gasteiger partial charge < -0.3 is 0 Å². The van der Waals surface area contributed by atoms with E-state index in [1.807, 2.05) is 6.07 Å². The van der Waals surface area contributed by atoms with E-state index in [2.05, 4.69) is 53.7 Å². The van der Waals surface area contributed by atoms with Crippen molar-refractivity contribution in [1.29, 1.82) is 0 Å². The Morgan fingerprint density at radius 2 is 1.70 bits per heavy atom. The molecule has 0 radical (unpaired) electrons. The van der Waals surface area contributed by atoms with Crippen molar-refractivity contribution in [2.75, 3.05) is 0 Å². The Bertz CT molecular complexity index is 451. The van der Waals surface area contributed by atoms with Crippen LogP contribution < -0.4 is 0 Å². The molecule has 0 aliphatic heterocycles. The predicted octanol–water partition coefficient (Wildman–Crippen LogP) is 5.46. The fraction of sp³-hybridized carbons (Fsp3) is 0.632. The van der Waals surface area contributed by atoms with Gasteiger partial charge in [-0.05, 0) is 47.8 Å². The molecule has 1 aromatic carbocycles. The van der Waals surface area contributed by atoms with Gasteiger partial charge in [0.25, 0.3) is 0 Å². The highest BCUT2D eigenvalue weighted by molar-refractivity contribution is 5.96. The number of rotatable bonds is 6. The van der Waals surface area contributed by atoms with Gasteiger partial charge in [-0.15, -0.1) is 0 Å². The van der Waals surface area contributed by atoms with Crippen molar-refractivity contribution < 1.29 is 4.79 Å². The Hall–Kier alpha value is -1.11. The highest BCUT2D eigenvalue weighted by Crippen LogP contribution is 2.27. The molecule has 112 valence electrons. The van der Waals surface area contributed by atoms with Crippen molar-refractivity contribution in [3.05, 3.63) is 34.9 Å². The normalized spacial score (nSPS) is 13.3. The monoisotopic (exact) mass is 274 g/mol. The summed E-state index contributed by atoms with van der Waals surface area (Å²) in [6.45, 7) is 13.2. The summed E-state index contributed by atoms with van der Waals surface area (Å²) in [5, 5.41) is 0. The largest absolute Gasteiger partial charge is 0.294 e. The van der Waals surface area contributed by atoms with Crippen LogP contribution in [-0.2, 0) is 12.8 Å². The molecular formula is C19H30O. The Balaban J connectivity index is 2.77. The van der Waals surface area contributed by atoms with Crippen molar-refractivity contribution in [1.82, 2.24) is 0 Å². The molecule has 1 rings (SSSR count). The van der Waals surface area contributed by atoms with E-state index in [1.165, 1.54) is 11.1 Å². The molecule has 0 amide bonds. The lowest BCUT2D eigenvalue weighted by atomic mass is 9.82. The van der Waals surface area contributed by atoms with Crippen LogP contribution in [0, 0.1) is 11.3 Å². The van der Waals surface area contributed by atoms with Gasteiger partial charge in [-0.3, -0.25) is 4.79 Å². The molecule has 0 spiro atoms. The molecule has 0 saturated heterocycles. The van der Waals surface area contributed by atoms with E-state index in [0.29, 0.717) is 23.5 Å². The quantitative estimate of drug-likeness (QED) is 0.630. The molecule has 1 unspecified atom stereocenters. The average Bonchev–Trinajstić information content (AvgIpc) is 2.35. The number of aryl methyl sites for hydroxylation is 2. The molecule has 0 aliphatic rings. The van der Waals surface area contributed by atoms with E-state index in [-0.39, 0.29) is 0 Å². The van der Waals surface area contributed by atoms with Crippen LogP contribution in [0.15, 0.2) is 18.2 Å². The molecule has 0 fully saturated rings. The summed E-state index contributed by atoms with van der Waals surface area (Å²) in [5.41, 5.74) is 3.87. The Morgan fingerprint density at radius 1 is 1.10 bits per heavy atom. The third kappa shape index (κ3) is 5.11. The Labute approximate surface area is 124 Å². The van der Waals surface area contributed by atoms with E-state index in [9.17, 15) is 4.79 Å². The van der Waals surface area contributed by atoms with Gasteiger partial charge >= 0.3 is 0 Å². The smallest absolute Gasteiger partial charge is 0.163 e. The van der Waals surface area contributed by atoms with Crippen molar-refractivity contribution in [3.8, 4) is 0 Å². The first-order valence-electron chi connectivity index (χ1n) is 7.91. The maximum Gasteiger partial charge on any atom is 0.163 e. The maximum atomic E-state index is 12.4. The van der Waals surface area contributed by atoms with E-state index < -0.39 is 0 Å². The number of ketones is 1. The van der Waals surface area contributed by atoms with Crippen molar-refractivity contribution in [3.63, 3.8) is 0 Å². The van der Waals surface area contributed by atoms with Gasteiger partial charge in [0.15, 0.2) is 5.78 Å². The first-order valence-corrected chi connectivity index (χ1v) is 7.91. The molecule has 20 heavy (non-hydrogen) atoms. The van der Waals surface area contributed by atoms with E-state index >= 15 is 0 Å². The van der Waals surface area contributed by atoms with Gasteiger partial charge in [0.2, 0.25) is 0 Å². The van der Waals surface area contributed by atoms with E-state index in [0.717, 1.165) is 24.8 Å². The van der Waals surface area contributed by atoms with Crippen LogP contribution in [0.25, 0.3) is 0 Å². The summed E-state index contributed by atoms with van der Waals surface area (Å²) in [4.78, 5) is 12.4. The average molecular weight is 274 g/mol. The van der Waals surface area contributed by atoms with Crippen LogP contribution in [0.1, 0.15) is 75.9 Å². The maximum absolute atomic E-state index is 12.4. The van der Waals surface area contributed by atoms with Gasteiger partial charge in [-0.2, -0.15) is 0 Å². The highest BCUT2D eigenvalue weighted by Gasteiger charge is 2.18. The van der Waals surface area contributed by atoms with Crippen molar-refractivity contribution in [2.45, 2.75) is 67.2 Å². The van der Waals surface area contributed by atoms with Gasteiger partial charge in [-0.25, -0.2) is 0 Å². The van der Waals surface area contributed by atoms with Crippen LogP contribution in [-0.4, -0.2) is 5.78 Å². The van der Waals surface area contributed by atoms with Gasteiger partial charge in [0.1, 0.15) is 0 Å². The standard InChI is InChI=1S/C19H30O/c1-7-15-9-10-17(12-16(15)8-2)18(20)11-14(3)13-19(4,5)6/h9-10,12,14H,7-8,11,13H2,1-6H3. The fourth-order valence-electron chi connectivity index (χ4n) is 3.03. The second-order valence-electron chi connectivity index (χ2n) is 7.19. The lowest BCUT2D eigenvalue weighted by Gasteiger charge is -2.22. The molecule has 1 aromatic rings. The van der Waals surface area contributed by atoms with E-state index in [1.54, 1.807) is 0 Å². The minimum Gasteiger partial charge on any atom is -0.294 e. The summed E-state index contributed by atoms with van der Waals surface area (Å²) < 4.78 is 0. The molecule has 0 bridgehead atoms. The Morgan fingerprint density at radius 3 is 2.20 bits per heavy atom. The SMILES string of the molecule is CCc1ccc(C(=O)CC(C)CC(C)(C)C)cc1CC. The Kier molecular flexibility index (Phi) is 5.98. The third-order valence-electron chi connectivity index (χ3n) is 3.78. The molecule has 1 nitrogen and oxygen atoms in total. The summed E-state index contributed by atoms with van der Waals surface area (Å²) >= 11 is 0. The highest BCUT2D eigenvalue weighted by atomic mass is 16.1. The topological polar surface area (TPSA) is 17.1 Å². The molecule has 0 heterocycles. The van der Waals surface area contributed by atoms with Gasteiger partial charge in [0, 0.05) is 12.0 Å². The number of benzene rings is 1. The molecule has 0 saturated carbocycles. The zero-order chi connectivity index (χ0) is 15.3. The van der Waals surface area contributed by atoms with Crippen LogP contribution in [0.2, 0.25) is 0 Å². The van der Waals surface area contributed by atoms with E-state index in [4.69, 9.17) is 0 Å². The molecule has 1 atom stereocenters. The third-order valence-corrected chi connectivity index (χ3v) is 3.78. The summed E-state index contributed by atoms with van der Waals surface area (Å²) in [6.07, 6.45) is 3.79. The second-order valence-corrected chi connectivity index (χ2v) is 7.19. The zero-order valence-corrected chi connectivity index (χ0v) is 14.0. The second kappa shape index (κ2) is 7.06. The van der Waals surface area contributed by atoms with Crippen LogP contribution >= 0.6 is 0 Å². The van der Waals surface area contributed by atoms with Crippen LogP contribution in [0.3, 0.4) is 0 Å². The molecule has 0 aromatic heterocycles. The first-order chi connectivity index (χ1) is 9.26. The van der Waals surface area contributed by atoms with Gasteiger partial charge in [-0.1, -0.05) is 53.7 Å². The zero-order valence-electron chi connectivity index (χ0n) is 14.0. The van der Waals surface area contributed by atoms with Gasteiger partial charge in [0.05, 0.1) is 0 Å². The minimum absolute atomic E-state index is 0.291. The number of carbonyl (C=O) groups is 1. The van der Waals surface area contributed by atoms with Crippen molar-refractivity contribution in [2.24, 2.45) is 11.3 Å². The first kappa shape index (κ1) is 16.9. The summed E-state index contributed by atoms with van der Waals surface area (Å²) in [5.74, 6) is 0.734. The summed E-state index contributed by atoms with van der Waals surface area (Å²) in [7, 11) is 0. The van der Waals surface area contributed by atoms with Crippen molar-refractivity contribution >= 4 is 5.78 Å². The lowest BCUT2D eigenvalue weighted by molar-refractivity contribution is 0.0954. The fourth-order valence-corrected chi connectivity index (χ4v) is 3.03. The lowest BCUT2D eigenvalue weighted by Crippen LogP contribution is -2.14. The molecule has 0 aliphatic carbocycles. The number of hydrogen-bond donors (Lipinski definition) is 0. The molecular weight excluding hydrogens is 244 g/mol. The minimum atomic E-state index is 0.291. The molecule has 1 heteroatoms. The number of hydrogen-bond acceptors (Lipinski definition) is 1. The summed E-state index contributed by atoms with van der Waals surface area (Å²) in [6, 6.07) is 6.23. The predicted molar refractivity (Wildman–Crippen MR) is 87.4 cm³/mol. The van der Waals surface area contributed by atoms with Crippen LogP contribution in [0.4, 0.5) is 0 Å². The number of carbonyl (C=O) groups excluding carboxylic acids is 1. The molecule has 0 N–H and O–H groups in total. The number of Topliss-reactive ketones (excluding diaryl/α,β-unsaturated/α-hetero) is 1. The van der Waals surface area contributed by atoms with Crippen LogP contribution in [0.5, 0.6) is 0 Å².